The van der Waals surface area contributed by atoms with Gasteiger partial charge >= 0.3 is 5.97 Å². The monoisotopic (exact) mass is 621 g/mol. The first-order valence-corrected chi connectivity index (χ1v) is 17.4. The third kappa shape index (κ3) is 8.63. The Kier molecular flexibility index (Phi) is 11.5. The SMILES string of the molecule is CCCCCCCCCCC(Oc1ccc(N2CCS(=O)(=O)CC2)cc1)C(=O)OCC(C)c1nnc2c(Cl)c(C)[nH]n12. The fourth-order valence-electron chi connectivity index (χ4n) is 5.19. The van der Waals surface area contributed by atoms with Crippen LogP contribution in [0, 0.1) is 6.92 Å². The van der Waals surface area contributed by atoms with Crippen molar-refractivity contribution in [2.45, 2.75) is 90.6 Å². The van der Waals surface area contributed by atoms with E-state index in [1.165, 1.54) is 32.1 Å². The number of aromatic amines is 1. The first kappa shape index (κ1) is 32.1. The molecule has 10 nitrogen and oxygen atoms in total. The maximum Gasteiger partial charge on any atom is 0.347 e. The molecule has 232 valence electrons. The Morgan fingerprint density at radius 1 is 1.02 bits per heavy atom. The van der Waals surface area contributed by atoms with Crippen LogP contribution in [0.3, 0.4) is 0 Å². The van der Waals surface area contributed by atoms with Crippen LogP contribution in [0.2, 0.25) is 5.02 Å². The molecule has 1 fully saturated rings. The lowest BCUT2D eigenvalue weighted by Crippen LogP contribution is -2.40. The van der Waals surface area contributed by atoms with Crippen molar-refractivity contribution in [3.05, 3.63) is 40.8 Å². The summed E-state index contributed by atoms with van der Waals surface area (Å²) in [5, 5.41) is 12.1. The lowest BCUT2D eigenvalue weighted by Gasteiger charge is -2.29. The van der Waals surface area contributed by atoms with Crippen LogP contribution in [-0.4, -0.2) is 71.5 Å². The van der Waals surface area contributed by atoms with Crippen molar-refractivity contribution < 1.29 is 22.7 Å². The van der Waals surface area contributed by atoms with Gasteiger partial charge in [-0.3, -0.25) is 5.10 Å². The fourth-order valence-corrected chi connectivity index (χ4v) is 6.55. The number of nitrogens with one attached hydrogen (secondary N) is 1. The Morgan fingerprint density at radius 2 is 1.67 bits per heavy atom. The van der Waals surface area contributed by atoms with Gasteiger partial charge in [-0.15, -0.1) is 10.2 Å². The standard InChI is InChI=1S/C30H44ClN5O5S/c1-4-5-6-7-8-9-10-11-12-26(41-25-15-13-24(14-16-25)35-17-19-42(38,39)20-18-35)30(37)40-21-22(2)28-32-33-29-27(31)23(3)34-36(28)29/h13-16,22,26,34H,4-12,17-21H2,1-3H3. The second-order valence-electron chi connectivity index (χ2n) is 11.3. The normalized spacial score (nSPS) is 16.4. The van der Waals surface area contributed by atoms with Crippen molar-refractivity contribution in [2.24, 2.45) is 0 Å². The van der Waals surface area contributed by atoms with Crippen molar-refractivity contribution in [3.8, 4) is 5.75 Å². The third-order valence-corrected chi connectivity index (χ3v) is 9.88. The molecule has 1 aliphatic rings. The first-order valence-electron chi connectivity index (χ1n) is 15.2. The lowest BCUT2D eigenvalue weighted by molar-refractivity contribution is -0.152. The van der Waals surface area contributed by atoms with Crippen molar-refractivity contribution in [3.63, 3.8) is 0 Å². The molecule has 1 N–H and O–H groups in total. The number of esters is 1. The fraction of sp³-hybridized carbons (Fsp3) is 0.633. The number of fused-ring (bicyclic) bond motifs is 1. The lowest BCUT2D eigenvalue weighted by atomic mass is 10.1. The molecule has 0 spiro atoms. The molecule has 3 aromatic rings. The molecule has 0 radical (unpaired) electrons. The van der Waals surface area contributed by atoms with E-state index in [0.717, 1.165) is 30.6 Å². The highest BCUT2D eigenvalue weighted by Crippen LogP contribution is 2.25. The minimum absolute atomic E-state index is 0.128. The minimum atomic E-state index is -2.95. The summed E-state index contributed by atoms with van der Waals surface area (Å²) in [7, 11) is -2.95. The summed E-state index contributed by atoms with van der Waals surface area (Å²) in [6.45, 7) is 7.08. The number of sulfone groups is 1. The summed E-state index contributed by atoms with van der Waals surface area (Å²) in [5.74, 6) is 0.911. The highest BCUT2D eigenvalue weighted by atomic mass is 35.5. The van der Waals surface area contributed by atoms with Gasteiger partial charge in [-0.2, -0.15) is 0 Å². The zero-order valence-electron chi connectivity index (χ0n) is 25.0. The molecule has 42 heavy (non-hydrogen) atoms. The van der Waals surface area contributed by atoms with Crippen LogP contribution >= 0.6 is 11.6 Å². The zero-order valence-corrected chi connectivity index (χ0v) is 26.6. The summed E-state index contributed by atoms with van der Waals surface area (Å²) in [4.78, 5) is 15.3. The number of ether oxygens (including phenoxy) is 2. The van der Waals surface area contributed by atoms with E-state index in [-0.39, 0.29) is 24.0 Å². The molecule has 1 aromatic carbocycles. The van der Waals surface area contributed by atoms with Gasteiger partial charge in [0.1, 0.15) is 17.4 Å². The predicted octanol–water partition coefficient (Wildman–Crippen LogP) is 5.88. The van der Waals surface area contributed by atoms with Gasteiger partial charge in [0.2, 0.25) is 0 Å². The number of rotatable bonds is 16. The second kappa shape index (κ2) is 15.1. The molecule has 0 amide bonds. The van der Waals surface area contributed by atoms with Crippen LogP contribution in [0.15, 0.2) is 24.3 Å². The Hall–Kier alpha value is -2.79. The van der Waals surface area contributed by atoms with Crippen LogP contribution in [0.25, 0.3) is 5.65 Å². The number of halogens is 1. The number of nitrogens with zero attached hydrogens (tertiary/aromatic N) is 4. The van der Waals surface area contributed by atoms with Crippen molar-refractivity contribution >= 4 is 38.7 Å². The number of hydrogen-bond donors (Lipinski definition) is 1. The molecule has 2 atom stereocenters. The molecular formula is C30H44ClN5O5S. The highest BCUT2D eigenvalue weighted by Gasteiger charge is 2.26. The van der Waals surface area contributed by atoms with Crippen LogP contribution in [0.4, 0.5) is 5.69 Å². The summed E-state index contributed by atoms with van der Waals surface area (Å²) < 4.78 is 37.2. The number of unbranched alkanes of at least 4 members (excludes halogenated alkanes) is 7. The maximum atomic E-state index is 13.3. The van der Waals surface area contributed by atoms with E-state index in [0.29, 0.717) is 41.8 Å². The molecule has 0 saturated carbocycles. The van der Waals surface area contributed by atoms with Gasteiger partial charge in [-0.25, -0.2) is 17.7 Å². The molecule has 1 aliphatic heterocycles. The molecule has 2 unspecified atom stereocenters. The summed E-state index contributed by atoms with van der Waals surface area (Å²) in [6.07, 6.45) is 9.15. The summed E-state index contributed by atoms with van der Waals surface area (Å²) >= 11 is 6.29. The molecule has 0 aliphatic carbocycles. The van der Waals surface area contributed by atoms with Gasteiger partial charge < -0.3 is 14.4 Å². The van der Waals surface area contributed by atoms with E-state index >= 15 is 0 Å². The Bertz CT molecular complexity index is 1390. The Balaban J connectivity index is 1.35. The maximum absolute atomic E-state index is 13.3. The van der Waals surface area contributed by atoms with Crippen molar-refractivity contribution in [2.75, 3.05) is 36.1 Å². The van der Waals surface area contributed by atoms with Crippen LogP contribution in [0.1, 0.15) is 89.1 Å². The average Bonchev–Trinajstić information content (AvgIpc) is 3.51. The zero-order chi connectivity index (χ0) is 30.1. The molecule has 2 aromatic heterocycles. The molecular weight excluding hydrogens is 578 g/mol. The quantitative estimate of drug-likeness (QED) is 0.156. The van der Waals surface area contributed by atoms with E-state index in [1.54, 1.807) is 4.52 Å². The molecule has 1 saturated heterocycles. The van der Waals surface area contributed by atoms with Gasteiger partial charge in [-0.1, -0.05) is 70.4 Å². The van der Waals surface area contributed by atoms with Crippen LogP contribution in [0.5, 0.6) is 5.75 Å². The number of carbonyl (C=O) groups excluding carboxylic acids is 1. The van der Waals surface area contributed by atoms with Gasteiger partial charge in [0.25, 0.3) is 0 Å². The number of aromatic nitrogens is 4. The summed E-state index contributed by atoms with van der Waals surface area (Å²) in [6, 6.07) is 7.49. The largest absolute Gasteiger partial charge is 0.479 e. The van der Waals surface area contributed by atoms with Crippen LogP contribution in [-0.2, 0) is 19.4 Å². The van der Waals surface area contributed by atoms with E-state index in [1.807, 2.05) is 38.1 Å². The minimum Gasteiger partial charge on any atom is -0.479 e. The highest BCUT2D eigenvalue weighted by molar-refractivity contribution is 7.91. The van der Waals surface area contributed by atoms with E-state index in [4.69, 9.17) is 21.1 Å². The smallest absolute Gasteiger partial charge is 0.347 e. The number of H-pyrrole nitrogens is 1. The predicted molar refractivity (Wildman–Crippen MR) is 165 cm³/mol. The van der Waals surface area contributed by atoms with Gasteiger partial charge in [0.05, 0.1) is 23.1 Å². The molecule has 4 rings (SSSR count). The average molecular weight is 622 g/mol. The molecule has 3 heterocycles. The second-order valence-corrected chi connectivity index (χ2v) is 14.0. The van der Waals surface area contributed by atoms with Gasteiger partial charge in [-0.05, 0) is 44.0 Å². The Labute approximate surface area is 254 Å². The third-order valence-electron chi connectivity index (χ3n) is 7.82. The van der Waals surface area contributed by atoms with Crippen LogP contribution < -0.4 is 9.64 Å². The van der Waals surface area contributed by atoms with Gasteiger partial charge in [0.15, 0.2) is 27.4 Å². The number of hydrogen-bond acceptors (Lipinski definition) is 8. The number of anilines is 1. The Morgan fingerprint density at radius 3 is 2.33 bits per heavy atom. The number of benzene rings is 1. The summed E-state index contributed by atoms with van der Waals surface area (Å²) in [5.41, 5.74) is 2.28. The first-order chi connectivity index (χ1) is 20.2. The van der Waals surface area contributed by atoms with E-state index in [9.17, 15) is 13.2 Å². The topological polar surface area (TPSA) is 119 Å². The van der Waals surface area contributed by atoms with E-state index in [2.05, 4.69) is 27.1 Å². The molecule has 0 bridgehead atoms. The molecule has 12 heteroatoms. The number of carbonyl (C=O) groups is 1. The number of aryl methyl sites for hydroxylation is 1. The van der Waals surface area contributed by atoms with E-state index < -0.39 is 21.9 Å². The van der Waals surface area contributed by atoms with Crippen molar-refractivity contribution in [1.29, 1.82) is 0 Å². The van der Waals surface area contributed by atoms with Crippen molar-refractivity contribution in [1.82, 2.24) is 19.8 Å². The van der Waals surface area contributed by atoms with Gasteiger partial charge in [0, 0.05) is 18.8 Å².